The van der Waals surface area contributed by atoms with Crippen LogP contribution in [0.25, 0.3) is 0 Å². The van der Waals surface area contributed by atoms with Gasteiger partial charge in [-0.05, 0) is 37.9 Å². The summed E-state index contributed by atoms with van der Waals surface area (Å²) in [5.41, 5.74) is 0. The van der Waals surface area contributed by atoms with E-state index >= 15 is 0 Å². The average Bonchev–Trinajstić information content (AvgIpc) is 2.87. The molecule has 0 spiro atoms. The molecule has 0 aliphatic rings. The molecular formula is C13H24N2O4S. The molecule has 0 amide bonds. The number of hydrogen-bond acceptors (Lipinski definition) is 5. The Hall–Kier alpha value is -0.890. The Morgan fingerprint density at radius 2 is 2.00 bits per heavy atom. The van der Waals surface area contributed by atoms with Crippen LogP contribution in [0.5, 0.6) is 0 Å². The average molecular weight is 304 g/mol. The Balaban J connectivity index is 2.31. The lowest BCUT2D eigenvalue weighted by molar-refractivity contribution is 0.192. The molecule has 1 aromatic heterocycles. The van der Waals surface area contributed by atoms with E-state index in [0.717, 1.165) is 36.7 Å². The number of ether oxygens (including phenoxy) is 1. The fraction of sp³-hybridized carbons (Fsp3) is 0.692. The van der Waals surface area contributed by atoms with Crippen LogP contribution in [0.4, 0.5) is 0 Å². The van der Waals surface area contributed by atoms with Gasteiger partial charge in [-0.25, -0.2) is 12.7 Å². The van der Waals surface area contributed by atoms with Crippen LogP contribution in [-0.2, 0) is 21.3 Å². The summed E-state index contributed by atoms with van der Waals surface area (Å²) in [6, 6.07) is 3.18. The number of furan rings is 1. The van der Waals surface area contributed by atoms with Crippen LogP contribution < -0.4 is 5.32 Å². The van der Waals surface area contributed by atoms with E-state index in [9.17, 15) is 8.42 Å². The van der Waals surface area contributed by atoms with E-state index in [1.165, 1.54) is 20.2 Å². The van der Waals surface area contributed by atoms with Crippen LogP contribution in [0, 0.1) is 0 Å². The number of hydrogen-bond donors (Lipinski definition) is 1. The summed E-state index contributed by atoms with van der Waals surface area (Å²) in [7, 11) is 1.19. The van der Waals surface area contributed by atoms with Crippen molar-refractivity contribution in [2.45, 2.75) is 30.9 Å². The number of unbranched alkanes of at least 4 members (excludes halogenated alkanes) is 2. The van der Waals surface area contributed by atoms with Gasteiger partial charge in [0, 0.05) is 27.8 Å². The van der Waals surface area contributed by atoms with Gasteiger partial charge in [-0.15, -0.1) is 0 Å². The van der Waals surface area contributed by atoms with Crippen molar-refractivity contribution in [3.63, 3.8) is 0 Å². The maximum absolute atomic E-state index is 11.8. The van der Waals surface area contributed by atoms with E-state index in [-0.39, 0.29) is 5.09 Å². The Morgan fingerprint density at radius 1 is 1.25 bits per heavy atom. The van der Waals surface area contributed by atoms with E-state index in [1.807, 2.05) is 0 Å². The fourth-order valence-corrected chi connectivity index (χ4v) is 2.47. The van der Waals surface area contributed by atoms with Crippen molar-refractivity contribution >= 4 is 10.0 Å². The number of nitrogens with one attached hydrogen (secondary N) is 1. The molecule has 7 heteroatoms. The smallest absolute Gasteiger partial charge is 0.275 e. The summed E-state index contributed by atoms with van der Waals surface area (Å²) >= 11 is 0. The van der Waals surface area contributed by atoms with Crippen molar-refractivity contribution in [1.29, 1.82) is 0 Å². The first-order chi connectivity index (χ1) is 9.48. The quantitative estimate of drug-likeness (QED) is 0.662. The molecule has 116 valence electrons. The number of nitrogens with zero attached hydrogens (tertiary/aromatic N) is 1. The van der Waals surface area contributed by atoms with Crippen LogP contribution >= 0.6 is 0 Å². The highest BCUT2D eigenvalue weighted by Crippen LogP contribution is 2.16. The van der Waals surface area contributed by atoms with Gasteiger partial charge >= 0.3 is 0 Å². The molecule has 0 atom stereocenters. The van der Waals surface area contributed by atoms with Gasteiger partial charge in [-0.2, -0.15) is 0 Å². The van der Waals surface area contributed by atoms with Crippen LogP contribution in [0.1, 0.15) is 25.0 Å². The molecule has 0 radical (unpaired) electrons. The molecule has 1 aromatic rings. The number of sulfonamides is 1. The summed E-state index contributed by atoms with van der Waals surface area (Å²) in [5.74, 6) is 0.627. The van der Waals surface area contributed by atoms with Crippen LogP contribution in [0.3, 0.4) is 0 Å². The SMILES string of the molecule is COCCCCCNCc1ccc(S(=O)(=O)N(C)C)o1. The summed E-state index contributed by atoms with van der Waals surface area (Å²) in [4.78, 5) is 0. The molecule has 0 bridgehead atoms. The van der Waals surface area contributed by atoms with Crippen molar-refractivity contribution in [2.24, 2.45) is 0 Å². The van der Waals surface area contributed by atoms with E-state index < -0.39 is 10.0 Å². The maximum Gasteiger partial charge on any atom is 0.275 e. The lowest BCUT2D eigenvalue weighted by Gasteiger charge is -2.08. The minimum absolute atomic E-state index is 0.0144. The largest absolute Gasteiger partial charge is 0.447 e. The number of methoxy groups -OCH3 is 1. The standard InChI is InChI=1S/C13H24N2O4S/c1-15(2)20(16,17)13-8-7-12(19-13)11-14-9-5-4-6-10-18-3/h7-8,14H,4-6,9-11H2,1-3H3. The van der Waals surface area contributed by atoms with Crippen molar-refractivity contribution in [2.75, 3.05) is 34.4 Å². The maximum atomic E-state index is 11.8. The zero-order valence-electron chi connectivity index (χ0n) is 12.4. The topological polar surface area (TPSA) is 71.8 Å². The third kappa shape index (κ3) is 5.24. The minimum Gasteiger partial charge on any atom is -0.447 e. The first-order valence-corrected chi connectivity index (χ1v) is 8.13. The van der Waals surface area contributed by atoms with E-state index in [2.05, 4.69) is 5.32 Å². The van der Waals surface area contributed by atoms with Gasteiger partial charge in [0.25, 0.3) is 10.0 Å². The molecule has 20 heavy (non-hydrogen) atoms. The summed E-state index contributed by atoms with van der Waals surface area (Å²) in [6.45, 7) is 2.21. The highest BCUT2D eigenvalue weighted by molar-refractivity contribution is 7.88. The number of rotatable bonds is 10. The van der Waals surface area contributed by atoms with Crippen molar-refractivity contribution in [1.82, 2.24) is 9.62 Å². The molecule has 1 rings (SSSR count). The molecule has 0 aromatic carbocycles. The Morgan fingerprint density at radius 3 is 2.65 bits per heavy atom. The van der Waals surface area contributed by atoms with Gasteiger partial charge < -0.3 is 14.5 Å². The normalized spacial score (nSPS) is 12.2. The highest BCUT2D eigenvalue weighted by Gasteiger charge is 2.21. The van der Waals surface area contributed by atoms with Crippen LogP contribution in [0.15, 0.2) is 21.6 Å². The predicted octanol–water partition coefficient (Wildman–Crippen LogP) is 1.44. The molecule has 1 heterocycles. The third-order valence-electron chi connectivity index (χ3n) is 2.87. The third-order valence-corrected chi connectivity index (χ3v) is 4.56. The summed E-state index contributed by atoms with van der Waals surface area (Å²) in [6.07, 6.45) is 3.23. The lowest BCUT2D eigenvalue weighted by Crippen LogP contribution is -2.21. The second kappa shape index (κ2) is 8.41. The van der Waals surface area contributed by atoms with Crippen LogP contribution in [-0.4, -0.2) is 47.1 Å². The van der Waals surface area contributed by atoms with Gasteiger partial charge in [0.1, 0.15) is 5.76 Å². The predicted molar refractivity (Wildman–Crippen MR) is 77.0 cm³/mol. The van der Waals surface area contributed by atoms with Gasteiger partial charge in [-0.1, -0.05) is 0 Å². The van der Waals surface area contributed by atoms with Gasteiger partial charge in [0.15, 0.2) is 0 Å². The van der Waals surface area contributed by atoms with Gasteiger partial charge in [0.05, 0.1) is 6.54 Å². The zero-order valence-corrected chi connectivity index (χ0v) is 13.2. The molecule has 0 aliphatic heterocycles. The molecule has 0 fully saturated rings. The molecule has 0 saturated carbocycles. The molecular weight excluding hydrogens is 280 g/mol. The molecule has 6 nitrogen and oxygen atoms in total. The van der Waals surface area contributed by atoms with Crippen LogP contribution in [0.2, 0.25) is 0 Å². The molecule has 0 saturated heterocycles. The first kappa shape index (κ1) is 17.2. The van der Waals surface area contributed by atoms with Gasteiger partial charge in [-0.3, -0.25) is 0 Å². The Bertz CT molecular complexity index is 482. The minimum atomic E-state index is -3.48. The monoisotopic (exact) mass is 304 g/mol. The molecule has 0 aliphatic carbocycles. The van der Waals surface area contributed by atoms with Crippen molar-refractivity contribution in [3.05, 3.63) is 17.9 Å². The van der Waals surface area contributed by atoms with Gasteiger partial charge in [0.2, 0.25) is 5.09 Å². The van der Waals surface area contributed by atoms with E-state index in [1.54, 1.807) is 13.2 Å². The van der Waals surface area contributed by atoms with Crippen molar-refractivity contribution < 1.29 is 17.6 Å². The Kier molecular flexibility index (Phi) is 7.22. The molecule has 1 N–H and O–H groups in total. The summed E-state index contributed by atoms with van der Waals surface area (Å²) < 4.78 is 35.1. The zero-order chi connectivity index (χ0) is 15.0. The second-order valence-electron chi connectivity index (χ2n) is 4.74. The van der Waals surface area contributed by atoms with E-state index in [0.29, 0.717) is 12.3 Å². The highest BCUT2D eigenvalue weighted by atomic mass is 32.2. The summed E-state index contributed by atoms with van der Waals surface area (Å²) in [5, 5.41) is 3.22. The van der Waals surface area contributed by atoms with E-state index in [4.69, 9.17) is 9.15 Å². The molecule has 0 unspecified atom stereocenters. The Labute approximate surface area is 121 Å². The lowest BCUT2D eigenvalue weighted by atomic mass is 10.2. The first-order valence-electron chi connectivity index (χ1n) is 6.69. The van der Waals surface area contributed by atoms with Crippen molar-refractivity contribution in [3.8, 4) is 0 Å². The second-order valence-corrected chi connectivity index (χ2v) is 6.82. The fourth-order valence-electron chi connectivity index (χ4n) is 1.66.